The molecule has 5 atom stereocenters. The molecule has 0 saturated carbocycles. The highest BCUT2D eigenvalue weighted by Crippen LogP contribution is 2.27. The third kappa shape index (κ3) is 2.84. The molecule has 1 saturated heterocycles. The summed E-state index contributed by atoms with van der Waals surface area (Å²) in [6.45, 7) is -0.419. The van der Waals surface area contributed by atoms with Crippen molar-refractivity contribution in [2.75, 3.05) is 12.4 Å². The number of terminal acetylenes is 1. The summed E-state index contributed by atoms with van der Waals surface area (Å²) in [7, 11) is 0. The minimum Gasteiger partial charge on any atom is -0.394 e. The fraction of sp³-hybridized carbons (Fsp3) is 0.778. The van der Waals surface area contributed by atoms with Crippen LogP contribution in [-0.4, -0.2) is 62.6 Å². The van der Waals surface area contributed by atoms with Crippen molar-refractivity contribution >= 4 is 11.8 Å². The topological polar surface area (TPSA) is 90.2 Å². The molecule has 5 nitrogen and oxygen atoms in total. The van der Waals surface area contributed by atoms with Crippen LogP contribution >= 0.6 is 11.8 Å². The molecule has 6 heteroatoms. The van der Waals surface area contributed by atoms with Gasteiger partial charge in [-0.3, -0.25) is 0 Å². The van der Waals surface area contributed by atoms with Crippen molar-refractivity contribution in [1.82, 2.24) is 0 Å². The van der Waals surface area contributed by atoms with Gasteiger partial charge in [-0.25, -0.2) is 0 Å². The van der Waals surface area contributed by atoms with Crippen LogP contribution < -0.4 is 0 Å². The molecule has 0 amide bonds. The second-order valence-corrected chi connectivity index (χ2v) is 4.30. The average Bonchev–Trinajstić information content (AvgIpc) is 2.25. The van der Waals surface area contributed by atoms with Gasteiger partial charge in [-0.15, -0.1) is 18.2 Å². The first-order valence-electron chi connectivity index (χ1n) is 4.47. The first kappa shape index (κ1) is 12.8. The Morgan fingerprint density at radius 2 is 1.87 bits per heavy atom. The molecule has 1 heterocycles. The highest BCUT2D eigenvalue weighted by molar-refractivity contribution is 8.00. The molecule has 0 spiro atoms. The molecule has 0 aromatic heterocycles. The number of aliphatic hydroxyl groups is 4. The maximum absolute atomic E-state index is 9.54. The molecule has 86 valence electrons. The van der Waals surface area contributed by atoms with Gasteiger partial charge in [-0.05, 0) is 0 Å². The minimum absolute atomic E-state index is 0.322. The fourth-order valence-electron chi connectivity index (χ4n) is 1.34. The van der Waals surface area contributed by atoms with Gasteiger partial charge in [0.2, 0.25) is 0 Å². The number of ether oxygens (including phenoxy) is 1. The summed E-state index contributed by atoms with van der Waals surface area (Å²) >= 11 is 1.14. The summed E-state index contributed by atoms with van der Waals surface area (Å²) in [5.74, 6) is 2.68. The summed E-state index contributed by atoms with van der Waals surface area (Å²) in [6, 6.07) is 0. The minimum atomic E-state index is -1.33. The molecule has 1 fully saturated rings. The molecular weight excluding hydrogens is 220 g/mol. The Hall–Kier alpha value is -0.290. The molecule has 0 radical (unpaired) electrons. The van der Waals surface area contributed by atoms with Crippen molar-refractivity contribution in [3.05, 3.63) is 0 Å². The van der Waals surface area contributed by atoms with E-state index in [1.165, 1.54) is 0 Å². The van der Waals surface area contributed by atoms with E-state index in [1.807, 2.05) is 0 Å². The van der Waals surface area contributed by atoms with Gasteiger partial charge in [-0.1, -0.05) is 5.92 Å². The zero-order valence-electron chi connectivity index (χ0n) is 7.98. The Balaban J connectivity index is 2.62. The summed E-state index contributed by atoms with van der Waals surface area (Å²) in [5, 5.41) is 37.3. The van der Waals surface area contributed by atoms with Crippen molar-refractivity contribution in [3.63, 3.8) is 0 Å². The molecule has 15 heavy (non-hydrogen) atoms. The average molecular weight is 234 g/mol. The van der Waals surface area contributed by atoms with Crippen molar-refractivity contribution in [1.29, 1.82) is 0 Å². The van der Waals surface area contributed by atoms with Gasteiger partial charge in [0.15, 0.2) is 0 Å². The number of aliphatic hydroxyl groups excluding tert-OH is 4. The molecule has 1 aliphatic heterocycles. The van der Waals surface area contributed by atoms with Gasteiger partial charge in [-0.2, -0.15) is 0 Å². The first-order chi connectivity index (χ1) is 7.11. The van der Waals surface area contributed by atoms with Gasteiger partial charge >= 0.3 is 0 Å². The standard InChI is InChI=1S/C9H14O5S/c1-2-3-15-9-8(13)7(12)6(11)5(4-10)14-9/h1,5-13H,3-4H2/t5-,6-,7+,8+,9-/m1/s1. The Morgan fingerprint density at radius 1 is 1.20 bits per heavy atom. The molecule has 0 unspecified atom stereocenters. The lowest BCUT2D eigenvalue weighted by Crippen LogP contribution is -2.57. The highest BCUT2D eigenvalue weighted by atomic mass is 32.2. The first-order valence-corrected chi connectivity index (χ1v) is 5.52. The Morgan fingerprint density at radius 3 is 2.40 bits per heavy atom. The second-order valence-electron chi connectivity index (χ2n) is 3.21. The van der Waals surface area contributed by atoms with E-state index >= 15 is 0 Å². The van der Waals surface area contributed by atoms with Crippen molar-refractivity contribution in [3.8, 4) is 12.3 Å². The predicted molar refractivity (Wildman–Crippen MR) is 55.1 cm³/mol. The van der Waals surface area contributed by atoms with Crippen molar-refractivity contribution in [2.45, 2.75) is 29.9 Å². The molecule has 1 rings (SSSR count). The normalized spacial score (nSPS) is 41.1. The van der Waals surface area contributed by atoms with Crippen LogP contribution in [0.2, 0.25) is 0 Å². The molecule has 4 N–H and O–H groups in total. The maximum atomic E-state index is 9.54. The van der Waals surface area contributed by atoms with Crippen LogP contribution in [0, 0.1) is 12.3 Å². The van der Waals surface area contributed by atoms with E-state index in [0.717, 1.165) is 11.8 Å². The predicted octanol–water partition coefficient (Wildman–Crippen LogP) is -1.85. The van der Waals surface area contributed by atoms with Gasteiger partial charge in [0.1, 0.15) is 29.9 Å². The van der Waals surface area contributed by atoms with E-state index in [-0.39, 0.29) is 0 Å². The lowest BCUT2D eigenvalue weighted by molar-refractivity contribution is -0.205. The third-order valence-electron chi connectivity index (χ3n) is 2.18. The Labute approximate surface area is 92.1 Å². The number of hydrogen-bond donors (Lipinski definition) is 4. The summed E-state index contributed by atoms with van der Waals surface area (Å²) < 4.78 is 5.19. The quantitative estimate of drug-likeness (QED) is 0.429. The highest BCUT2D eigenvalue weighted by Gasteiger charge is 2.43. The van der Waals surface area contributed by atoms with Crippen LogP contribution in [0.15, 0.2) is 0 Å². The molecule has 0 bridgehead atoms. The second kappa shape index (κ2) is 5.70. The van der Waals surface area contributed by atoms with E-state index in [2.05, 4.69) is 5.92 Å². The van der Waals surface area contributed by atoms with Gasteiger partial charge in [0, 0.05) is 0 Å². The van der Waals surface area contributed by atoms with Crippen molar-refractivity contribution in [2.24, 2.45) is 0 Å². The SMILES string of the molecule is C#CCS[C@H]1O[C@H](CO)[C@@H](O)[C@H](O)[C@@H]1O. The molecular formula is C9H14O5S. The Kier molecular flexibility index (Phi) is 4.86. The van der Waals surface area contributed by atoms with Gasteiger partial charge in [0.25, 0.3) is 0 Å². The van der Waals surface area contributed by atoms with Gasteiger partial charge in [0.05, 0.1) is 12.4 Å². The molecule has 0 aliphatic carbocycles. The van der Waals surface area contributed by atoms with Crippen LogP contribution in [0.5, 0.6) is 0 Å². The van der Waals surface area contributed by atoms with Gasteiger partial charge < -0.3 is 25.2 Å². The van der Waals surface area contributed by atoms with Crippen LogP contribution in [0.3, 0.4) is 0 Å². The zero-order valence-corrected chi connectivity index (χ0v) is 8.80. The van der Waals surface area contributed by atoms with E-state index in [9.17, 15) is 15.3 Å². The lowest BCUT2D eigenvalue weighted by Gasteiger charge is -2.39. The fourth-order valence-corrected chi connectivity index (χ4v) is 2.18. The zero-order chi connectivity index (χ0) is 11.4. The molecule has 0 aromatic rings. The third-order valence-corrected chi connectivity index (χ3v) is 3.23. The molecule has 1 aliphatic rings. The van der Waals surface area contributed by atoms with Crippen LogP contribution in [0.4, 0.5) is 0 Å². The van der Waals surface area contributed by atoms with E-state index in [1.54, 1.807) is 0 Å². The summed E-state index contributed by atoms with van der Waals surface area (Å²) in [6.07, 6.45) is 0.341. The monoisotopic (exact) mass is 234 g/mol. The lowest BCUT2D eigenvalue weighted by atomic mass is 10.0. The van der Waals surface area contributed by atoms with E-state index in [0.29, 0.717) is 5.75 Å². The van der Waals surface area contributed by atoms with Crippen LogP contribution in [-0.2, 0) is 4.74 Å². The number of thioether (sulfide) groups is 1. The summed E-state index contributed by atoms with van der Waals surface area (Å²) in [4.78, 5) is 0. The largest absolute Gasteiger partial charge is 0.394 e. The van der Waals surface area contributed by atoms with E-state index < -0.39 is 36.5 Å². The molecule has 0 aromatic carbocycles. The van der Waals surface area contributed by atoms with Crippen LogP contribution in [0.25, 0.3) is 0 Å². The Bertz CT molecular complexity index is 239. The van der Waals surface area contributed by atoms with Crippen molar-refractivity contribution < 1.29 is 25.2 Å². The number of rotatable bonds is 3. The number of hydrogen-bond acceptors (Lipinski definition) is 6. The van der Waals surface area contributed by atoms with Crippen LogP contribution in [0.1, 0.15) is 0 Å². The summed E-state index contributed by atoms with van der Waals surface area (Å²) in [5.41, 5.74) is -0.725. The van der Waals surface area contributed by atoms with E-state index in [4.69, 9.17) is 16.3 Å². The smallest absolute Gasteiger partial charge is 0.133 e. The maximum Gasteiger partial charge on any atom is 0.133 e.